The fourth-order valence-electron chi connectivity index (χ4n) is 9.06. The zero-order chi connectivity index (χ0) is 41.0. The minimum absolute atomic E-state index is 0.610. The van der Waals surface area contributed by atoms with Gasteiger partial charge in [-0.3, -0.25) is 0 Å². The Morgan fingerprint density at radius 1 is 0.258 bits per heavy atom. The molecule has 0 amide bonds. The number of rotatable bonds is 7. The highest BCUT2D eigenvalue weighted by atomic mass is 15.1. The van der Waals surface area contributed by atoms with E-state index in [1.54, 1.807) is 0 Å². The standard InChI is InChI=1S/C57H37N5/c1-4-16-38(17-5-1)39-28-30-41(31-29-39)56-58-55(40-18-6-2-7-19-40)59-57(60-56)48-24-12-15-27-52(48)62-51-26-14-10-22-45(51)47-34-32-43(37-54(47)62)42-33-35-53-49(36-42)46-23-11-13-25-50(46)61(53)44-20-8-3-9-21-44/h1-37H. The highest BCUT2D eigenvalue weighted by molar-refractivity contribution is 6.12. The largest absolute Gasteiger partial charge is 0.309 e. The zero-order valence-electron chi connectivity index (χ0n) is 33.6. The summed E-state index contributed by atoms with van der Waals surface area (Å²) in [4.78, 5) is 15.5. The van der Waals surface area contributed by atoms with E-state index < -0.39 is 0 Å². The zero-order valence-corrected chi connectivity index (χ0v) is 33.6. The summed E-state index contributed by atoms with van der Waals surface area (Å²) in [5.41, 5.74) is 14.1. The molecule has 290 valence electrons. The molecule has 12 aromatic rings. The Labute approximate surface area is 358 Å². The molecule has 0 bridgehead atoms. The lowest BCUT2D eigenvalue weighted by atomic mass is 10.0. The Hall–Kier alpha value is -8.41. The third-order valence-corrected chi connectivity index (χ3v) is 12.0. The van der Waals surface area contributed by atoms with Crippen molar-refractivity contribution in [1.29, 1.82) is 0 Å². The minimum atomic E-state index is 0.610. The van der Waals surface area contributed by atoms with Crippen LogP contribution < -0.4 is 0 Å². The van der Waals surface area contributed by atoms with E-state index in [-0.39, 0.29) is 0 Å². The van der Waals surface area contributed by atoms with Gasteiger partial charge in [-0.05, 0) is 76.9 Å². The second-order valence-electron chi connectivity index (χ2n) is 15.6. The van der Waals surface area contributed by atoms with Crippen molar-refractivity contribution >= 4 is 43.6 Å². The monoisotopic (exact) mass is 791 g/mol. The molecule has 0 fully saturated rings. The quantitative estimate of drug-likeness (QED) is 0.162. The van der Waals surface area contributed by atoms with Crippen molar-refractivity contribution in [3.8, 4) is 67.8 Å². The molecule has 5 nitrogen and oxygen atoms in total. The molecule has 0 N–H and O–H groups in total. The van der Waals surface area contributed by atoms with Crippen LogP contribution in [0.15, 0.2) is 224 Å². The van der Waals surface area contributed by atoms with E-state index in [9.17, 15) is 0 Å². The van der Waals surface area contributed by atoms with E-state index in [1.165, 1.54) is 38.1 Å². The van der Waals surface area contributed by atoms with Gasteiger partial charge in [0, 0.05) is 43.9 Å². The van der Waals surface area contributed by atoms with Gasteiger partial charge in [-0.1, -0.05) is 170 Å². The lowest BCUT2D eigenvalue weighted by Crippen LogP contribution is -2.03. The van der Waals surface area contributed by atoms with Crippen molar-refractivity contribution in [3.05, 3.63) is 224 Å². The maximum Gasteiger partial charge on any atom is 0.166 e. The van der Waals surface area contributed by atoms with Crippen LogP contribution in [0.1, 0.15) is 0 Å². The molecule has 0 unspecified atom stereocenters. The van der Waals surface area contributed by atoms with E-state index >= 15 is 0 Å². The highest BCUT2D eigenvalue weighted by Crippen LogP contribution is 2.40. The molecule has 0 spiro atoms. The first kappa shape index (κ1) is 35.5. The van der Waals surface area contributed by atoms with Crippen LogP contribution in [0.4, 0.5) is 0 Å². The maximum atomic E-state index is 5.24. The van der Waals surface area contributed by atoms with Crippen LogP contribution in [0.3, 0.4) is 0 Å². The number of nitrogens with zero attached hydrogens (tertiary/aromatic N) is 5. The number of hydrogen-bond acceptors (Lipinski definition) is 3. The maximum absolute atomic E-state index is 5.24. The molecule has 0 atom stereocenters. The third-order valence-electron chi connectivity index (χ3n) is 12.0. The molecule has 0 saturated carbocycles. The molecule has 0 aliphatic heterocycles. The predicted molar refractivity (Wildman–Crippen MR) is 256 cm³/mol. The van der Waals surface area contributed by atoms with Gasteiger partial charge < -0.3 is 9.13 Å². The van der Waals surface area contributed by atoms with Gasteiger partial charge in [0.1, 0.15) is 0 Å². The normalized spacial score (nSPS) is 11.5. The number of aromatic nitrogens is 5. The summed E-state index contributed by atoms with van der Waals surface area (Å²) in [6, 6.07) is 79.3. The van der Waals surface area contributed by atoms with Gasteiger partial charge in [0.15, 0.2) is 17.5 Å². The van der Waals surface area contributed by atoms with Gasteiger partial charge in [0.25, 0.3) is 0 Å². The first-order chi connectivity index (χ1) is 30.7. The van der Waals surface area contributed by atoms with Crippen LogP contribution in [0.25, 0.3) is 111 Å². The Bertz CT molecular complexity index is 3610. The van der Waals surface area contributed by atoms with Crippen LogP contribution >= 0.6 is 0 Å². The second-order valence-corrected chi connectivity index (χ2v) is 15.6. The Morgan fingerprint density at radius 3 is 1.44 bits per heavy atom. The summed E-state index contributed by atoms with van der Waals surface area (Å²) in [5, 5.41) is 4.82. The summed E-state index contributed by atoms with van der Waals surface area (Å²) in [5.74, 6) is 1.86. The Kier molecular flexibility index (Phi) is 8.42. The average Bonchev–Trinajstić information content (AvgIpc) is 3.87. The van der Waals surface area contributed by atoms with E-state index in [0.717, 1.165) is 55.8 Å². The summed E-state index contributed by atoms with van der Waals surface area (Å²) >= 11 is 0. The van der Waals surface area contributed by atoms with Gasteiger partial charge in [-0.25, -0.2) is 15.0 Å². The third kappa shape index (κ3) is 5.98. The predicted octanol–water partition coefficient (Wildman–Crippen LogP) is 14.4. The molecular weight excluding hydrogens is 755 g/mol. The van der Waals surface area contributed by atoms with Crippen molar-refractivity contribution in [2.24, 2.45) is 0 Å². The fraction of sp³-hybridized carbons (Fsp3) is 0. The molecule has 0 aliphatic carbocycles. The summed E-state index contributed by atoms with van der Waals surface area (Å²) in [6.07, 6.45) is 0. The molecule has 5 heteroatoms. The fourth-order valence-corrected chi connectivity index (χ4v) is 9.06. The number of fused-ring (bicyclic) bond motifs is 6. The van der Waals surface area contributed by atoms with Gasteiger partial charge >= 0.3 is 0 Å². The molecule has 0 aliphatic rings. The summed E-state index contributed by atoms with van der Waals surface area (Å²) < 4.78 is 4.74. The van der Waals surface area contributed by atoms with Crippen molar-refractivity contribution in [2.75, 3.05) is 0 Å². The van der Waals surface area contributed by atoms with Crippen molar-refractivity contribution in [3.63, 3.8) is 0 Å². The van der Waals surface area contributed by atoms with E-state index in [2.05, 4.69) is 209 Å². The van der Waals surface area contributed by atoms with Gasteiger partial charge in [0.2, 0.25) is 0 Å². The Morgan fingerprint density at radius 2 is 0.710 bits per heavy atom. The van der Waals surface area contributed by atoms with E-state index in [1.807, 2.05) is 24.3 Å². The number of benzene rings is 9. The van der Waals surface area contributed by atoms with Gasteiger partial charge in [0.05, 0.1) is 27.8 Å². The average molecular weight is 792 g/mol. The molecule has 62 heavy (non-hydrogen) atoms. The van der Waals surface area contributed by atoms with Crippen LogP contribution in [0.2, 0.25) is 0 Å². The lowest BCUT2D eigenvalue weighted by Gasteiger charge is -2.15. The first-order valence-corrected chi connectivity index (χ1v) is 20.9. The van der Waals surface area contributed by atoms with Gasteiger partial charge in [-0.2, -0.15) is 0 Å². The molecule has 12 rings (SSSR count). The number of para-hydroxylation sites is 4. The lowest BCUT2D eigenvalue weighted by molar-refractivity contribution is 1.06. The van der Waals surface area contributed by atoms with E-state index in [0.29, 0.717) is 17.5 Å². The highest BCUT2D eigenvalue weighted by Gasteiger charge is 2.20. The van der Waals surface area contributed by atoms with Crippen molar-refractivity contribution in [2.45, 2.75) is 0 Å². The van der Waals surface area contributed by atoms with Crippen LogP contribution in [0.5, 0.6) is 0 Å². The molecule has 3 aromatic heterocycles. The number of hydrogen-bond donors (Lipinski definition) is 0. The molecular formula is C57H37N5. The second kappa shape index (κ2) is 14.7. The Balaban J connectivity index is 1.03. The van der Waals surface area contributed by atoms with Crippen molar-refractivity contribution in [1.82, 2.24) is 24.1 Å². The topological polar surface area (TPSA) is 48.5 Å². The van der Waals surface area contributed by atoms with Crippen LogP contribution in [0, 0.1) is 0 Å². The van der Waals surface area contributed by atoms with Gasteiger partial charge in [-0.15, -0.1) is 0 Å². The molecule has 0 radical (unpaired) electrons. The van der Waals surface area contributed by atoms with Crippen LogP contribution in [-0.2, 0) is 0 Å². The minimum Gasteiger partial charge on any atom is -0.309 e. The summed E-state index contributed by atoms with van der Waals surface area (Å²) in [6.45, 7) is 0. The SMILES string of the molecule is c1ccc(-c2ccc(-c3nc(-c4ccccc4)nc(-c4ccccc4-n4c5ccccc5c5ccc(-c6ccc7c(c6)c6ccccc6n7-c6ccccc6)cc54)n3)cc2)cc1. The molecule has 9 aromatic carbocycles. The van der Waals surface area contributed by atoms with E-state index in [4.69, 9.17) is 15.0 Å². The summed E-state index contributed by atoms with van der Waals surface area (Å²) in [7, 11) is 0. The molecule has 3 heterocycles. The molecule has 0 saturated heterocycles. The smallest absolute Gasteiger partial charge is 0.166 e. The van der Waals surface area contributed by atoms with Crippen LogP contribution in [-0.4, -0.2) is 24.1 Å². The van der Waals surface area contributed by atoms with Crippen molar-refractivity contribution < 1.29 is 0 Å². The first-order valence-electron chi connectivity index (χ1n) is 20.9.